The molecule has 0 spiro atoms. The summed E-state index contributed by atoms with van der Waals surface area (Å²) in [5, 5.41) is 3.93. The van der Waals surface area contributed by atoms with Gasteiger partial charge in [0.25, 0.3) is 0 Å². The van der Waals surface area contributed by atoms with Crippen LogP contribution in [-0.2, 0) is 4.79 Å². The average Bonchev–Trinajstić information content (AvgIpc) is 2.97. The molecule has 1 aliphatic rings. The van der Waals surface area contributed by atoms with E-state index in [0.717, 1.165) is 23.6 Å². The highest BCUT2D eigenvalue weighted by molar-refractivity contribution is 7.99. The number of nitrogens with zero attached hydrogens (tertiary/aromatic N) is 2. The van der Waals surface area contributed by atoms with Crippen LogP contribution in [0.25, 0.3) is 11.0 Å². The Kier molecular flexibility index (Phi) is 5.60. The third-order valence-corrected chi connectivity index (χ3v) is 5.36. The van der Waals surface area contributed by atoms with Gasteiger partial charge in [-0.3, -0.25) is 4.79 Å². The van der Waals surface area contributed by atoms with Crippen molar-refractivity contribution >= 4 is 28.7 Å². The first-order chi connectivity index (χ1) is 11.3. The van der Waals surface area contributed by atoms with Crippen LogP contribution in [0.1, 0.15) is 51.5 Å². The van der Waals surface area contributed by atoms with Gasteiger partial charge in [-0.1, -0.05) is 50.1 Å². The van der Waals surface area contributed by atoms with E-state index in [2.05, 4.69) is 35.0 Å². The molecule has 0 bridgehead atoms. The highest BCUT2D eigenvalue weighted by atomic mass is 32.2. The van der Waals surface area contributed by atoms with E-state index in [1.54, 1.807) is 11.8 Å². The molecule has 0 radical (unpaired) electrons. The minimum absolute atomic E-state index is 0.0964. The van der Waals surface area contributed by atoms with Crippen molar-refractivity contribution in [3.8, 4) is 0 Å². The monoisotopic (exact) mass is 331 g/mol. The lowest BCUT2D eigenvalue weighted by Gasteiger charge is -2.25. The Hall–Kier alpha value is -1.49. The fraction of sp³-hybridized carbons (Fsp3) is 0.556. The maximum Gasteiger partial charge on any atom is 0.230 e. The van der Waals surface area contributed by atoms with Gasteiger partial charge in [0.2, 0.25) is 5.91 Å². The molecule has 3 rings (SSSR count). The molecule has 23 heavy (non-hydrogen) atoms. The van der Waals surface area contributed by atoms with Crippen LogP contribution in [0.4, 0.5) is 0 Å². The van der Waals surface area contributed by atoms with Crippen LogP contribution in [0, 0.1) is 0 Å². The van der Waals surface area contributed by atoms with E-state index in [-0.39, 0.29) is 5.91 Å². The van der Waals surface area contributed by atoms with Gasteiger partial charge in [0.15, 0.2) is 5.16 Å². The predicted molar refractivity (Wildman–Crippen MR) is 95.9 cm³/mol. The maximum absolute atomic E-state index is 11.9. The number of thioether (sulfide) groups is 1. The molecule has 1 saturated carbocycles. The summed E-state index contributed by atoms with van der Waals surface area (Å²) in [5.41, 5.74) is 2.24. The molecular weight excluding hydrogens is 306 g/mol. The molecule has 4 nitrogen and oxygen atoms in total. The topological polar surface area (TPSA) is 46.9 Å². The van der Waals surface area contributed by atoms with Crippen LogP contribution in [0.3, 0.4) is 0 Å². The Bertz CT molecular complexity index is 661. The molecule has 5 heteroatoms. The second-order valence-electron chi connectivity index (χ2n) is 6.18. The van der Waals surface area contributed by atoms with Crippen LogP contribution in [-0.4, -0.2) is 27.8 Å². The second kappa shape index (κ2) is 7.86. The molecule has 124 valence electrons. The number of imidazole rings is 1. The van der Waals surface area contributed by atoms with Crippen molar-refractivity contribution in [2.45, 2.75) is 56.6 Å². The summed E-state index contributed by atoms with van der Waals surface area (Å²) in [6.07, 6.45) is 7.32. The second-order valence-corrected chi connectivity index (χ2v) is 7.13. The number of hydrogen-bond acceptors (Lipinski definition) is 3. The highest BCUT2D eigenvalue weighted by Crippen LogP contribution is 2.35. The number of amides is 1. The zero-order valence-corrected chi connectivity index (χ0v) is 14.6. The van der Waals surface area contributed by atoms with Crippen LogP contribution in [0.15, 0.2) is 29.4 Å². The van der Waals surface area contributed by atoms with Crippen molar-refractivity contribution in [2.24, 2.45) is 0 Å². The summed E-state index contributed by atoms with van der Waals surface area (Å²) in [7, 11) is 0. The van der Waals surface area contributed by atoms with Crippen molar-refractivity contribution in [2.75, 3.05) is 12.3 Å². The zero-order chi connectivity index (χ0) is 16.1. The van der Waals surface area contributed by atoms with Gasteiger partial charge in [-0.2, -0.15) is 0 Å². The minimum Gasteiger partial charge on any atom is -0.355 e. The SMILES string of the molecule is CCCNC(=O)CSc1nc2ccccc2n1C1CCCCC1. The number of hydrogen-bond donors (Lipinski definition) is 1. The number of fused-ring (bicyclic) bond motifs is 1. The van der Waals surface area contributed by atoms with Crippen LogP contribution in [0.2, 0.25) is 0 Å². The van der Waals surface area contributed by atoms with E-state index in [1.807, 2.05) is 6.07 Å². The summed E-state index contributed by atoms with van der Waals surface area (Å²) in [6.45, 7) is 2.81. The molecule has 0 atom stereocenters. The van der Waals surface area contributed by atoms with E-state index < -0.39 is 0 Å². The summed E-state index contributed by atoms with van der Waals surface area (Å²) in [4.78, 5) is 16.7. The lowest BCUT2D eigenvalue weighted by atomic mass is 9.95. The molecule has 1 amide bonds. The third kappa shape index (κ3) is 3.89. The first kappa shape index (κ1) is 16.4. The quantitative estimate of drug-likeness (QED) is 0.809. The molecular formula is C18H25N3OS. The molecule has 2 aromatic rings. The van der Waals surface area contributed by atoms with Crippen molar-refractivity contribution in [1.82, 2.24) is 14.9 Å². The van der Waals surface area contributed by atoms with E-state index >= 15 is 0 Å². The first-order valence-electron chi connectivity index (χ1n) is 8.66. The Morgan fingerprint density at radius 1 is 1.30 bits per heavy atom. The fourth-order valence-corrected chi connectivity index (χ4v) is 4.17. The lowest BCUT2D eigenvalue weighted by molar-refractivity contribution is -0.118. The largest absolute Gasteiger partial charge is 0.355 e. The van der Waals surface area contributed by atoms with Gasteiger partial charge in [-0.05, 0) is 31.4 Å². The lowest BCUT2D eigenvalue weighted by Crippen LogP contribution is -2.26. The van der Waals surface area contributed by atoms with Gasteiger partial charge >= 0.3 is 0 Å². The van der Waals surface area contributed by atoms with Gasteiger partial charge in [0.05, 0.1) is 16.8 Å². The number of rotatable bonds is 6. The number of nitrogens with one attached hydrogen (secondary N) is 1. The number of aromatic nitrogens is 2. The van der Waals surface area contributed by atoms with E-state index in [1.165, 1.54) is 37.6 Å². The maximum atomic E-state index is 11.9. The highest BCUT2D eigenvalue weighted by Gasteiger charge is 2.21. The van der Waals surface area contributed by atoms with Gasteiger partial charge in [0.1, 0.15) is 0 Å². The van der Waals surface area contributed by atoms with Crippen molar-refractivity contribution in [1.29, 1.82) is 0 Å². The van der Waals surface area contributed by atoms with Gasteiger partial charge in [-0.15, -0.1) is 0 Å². The Balaban J connectivity index is 1.82. The zero-order valence-electron chi connectivity index (χ0n) is 13.8. The van der Waals surface area contributed by atoms with E-state index in [4.69, 9.17) is 4.98 Å². The summed E-state index contributed by atoms with van der Waals surface area (Å²) < 4.78 is 2.38. The first-order valence-corrected chi connectivity index (χ1v) is 9.64. The van der Waals surface area contributed by atoms with Gasteiger partial charge < -0.3 is 9.88 Å². The molecule has 1 fully saturated rings. The molecule has 1 aromatic carbocycles. The standard InChI is InChI=1S/C18H25N3OS/c1-2-12-19-17(22)13-23-18-20-15-10-6-7-11-16(15)21(18)14-8-4-3-5-9-14/h6-7,10-11,14H,2-5,8-9,12-13H2,1H3,(H,19,22). The number of carbonyl (C=O) groups is 1. The summed E-state index contributed by atoms with van der Waals surface area (Å²) in [6, 6.07) is 8.85. The molecule has 1 N–H and O–H groups in total. The van der Waals surface area contributed by atoms with Crippen molar-refractivity contribution in [3.05, 3.63) is 24.3 Å². The van der Waals surface area contributed by atoms with Crippen molar-refractivity contribution < 1.29 is 4.79 Å². The van der Waals surface area contributed by atoms with Crippen LogP contribution < -0.4 is 5.32 Å². The average molecular weight is 331 g/mol. The molecule has 1 aromatic heterocycles. The predicted octanol–water partition coefficient (Wildman–Crippen LogP) is 4.16. The van der Waals surface area contributed by atoms with E-state index in [9.17, 15) is 4.79 Å². The smallest absolute Gasteiger partial charge is 0.230 e. The molecule has 0 unspecified atom stereocenters. The number of para-hydroxylation sites is 2. The van der Waals surface area contributed by atoms with Crippen molar-refractivity contribution in [3.63, 3.8) is 0 Å². The Morgan fingerprint density at radius 2 is 2.09 bits per heavy atom. The number of benzene rings is 1. The fourth-order valence-electron chi connectivity index (χ4n) is 3.26. The summed E-state index contributed by atoms with van der Waals surface area (Å²) >= 11 is 1.56. The Morgan fingerprint density at radius 3 is 2.87 bits per heavy atom. The molecule has 0 saturated heterocycles. The number of carbonyl (C=O) groups excluding carboxylic acids is 1. The Labute approximate surface area is 142 Å². The summed E-state index contributed by atoms with van der Waals surface area (Å²) in [5.74, 6) is 0.537. The minimum atomic E-state index is 0.0964. The molecule has 1 heterocycles. The third-order valence-electron chi connectivity index (χ3n) is 4.41. The molecule has 1 aliphatic carbocycles. The van der Waals surface area contributed by atoms with E-state index in [0.29, 0.717) is 11.8 Å². The van der Waals surface area contributed by atoms with Crippen LogP contribution >= 0.6 is 11.8 Å². The van der Waals surface area contributed by atoms with Gasteiger partial charge in [0, 0.05) is 12.6 Å². The normalized spacial score (nSPS) is 15.9. The van der Waals surface area contributed by atoms with Gasteiger partial charge in [-0.25, -0.2) is 4.98 Å². The van der Waals surface area contributed by atoms with Crippen LogP contribution in [0.5, 0.6) is 0 Å². The molecule has 0 aliphatic heterocycles.